The fourth-order valence-electron chi connectivity index (χ4n) is 4.33. The van der Waals surface area contributed by atoms with Crippen molar-refractivity contribution in [2.24, 2.45) is 0 Å². The van der Waals surface area contributed by atoms with E-state index in [4.69, 9.17) is 0 Å². The van der Waals surface area contributed by atoms with Crippen molar-refractivity contribution in [2.45, 2.75) is 18.9 Å². The molecule has 1 aliphatic rings. The molecule has 3 aromatic carbocycles. The maximum atomic E-state index is 12.3. The van der Waals surface area contributed by atoms with Gasteiger partial charge in [-0.3, -0.25) is 4.79 Å². The molecular formula is C29H28N6O2. The maximum Gasteiger partial charge on any atom is 0.257 e. The van der Waals surface area contributed by atoms with Crippen LogP contribution in [-0.2, 0) is 0 Å². The third-order valence-corrected chi connectivity index (χ3v) is 6.41. The van der Waals surface area contributed by atoms with Crippen LogP contribution in [0.2, 0.25) is 0 Å². The predicted molar refractivity (Wildman–Crippen MR) is 147 cm³/mol. The first-order valence-corrected chi connectivity index (χ1v) is 12.2. The Hall–Kier alpha value is -4.74. The molecule has 0 aliphatic carbocycles. The molecule has 0 atom stereocenters. The number of nitrogens with zero attached hydrogens (tertiary/aromatic N) is 2. The fraction of sp³-hybridized carbons (Fsp3) is 0.172. The molecule has 1 aliphatic heterocycles. The predicted octanol–water partition coefficient (Wildman–Crippen LogP) is 5.59. The summed E-state index contributed by atoms with van der Waals surface area (Å²) < 4.78 is 0. The number of piperidine rings is 1. The van der Waals surface area contributed by atoms with E-state index >= 15 is 0 Å². The van der Waals surface area contributed by atoms with E-state index in [1.165, 1.54) is 5.69 Å². The monoisotopic (exact) mass is 492 g/mol. The first-order valence-electron chi connectivity index (χ1n) is 12.2. The highest BCUT2D eigenvalue weighted by Crippen LogP contribution is 2.27. The van der Waals surface area contributed by atoms with Crippen LogP contribution in [0.3, 0.4) is 0 Å². The molecule has 1 aromatic heterocycles. The summed E-state index contributed by atoms with van der Waals surface area (Å²) in [5.74, 6) is -0.241. The number of benzene rings is 3. The molecule has 186 valence electrons. The van der Waals surface area contributed by atoms with Crippen LogP contribution in [-0.4, -0.2) is 35.2 Å². The lowest BCUT2D eigenvalue weighted by Crippen LogP contribution is -2.35. The second-order valence-electron chi connectivity index (χ2n) is 9.02. The molecule has 4 aromatic rings. The largest absolute Gasteiger partial charge is 0.393 e. The average molecular weight is 493 g/mol. The minimum Gasteiger partial charge on any atom is -0.393 e. The third-order valence-electron chi connectivity index (χ3n) is 6.41. The number of hydrogen-bond donors (Lipinski definition) is 5. The third kappa shape index (κ3) is 5.92. The molecule has 1 amide bonds. The van der Waals surface area contributed by atoms with Gasteiger partial charge in [-0.05, 0) is 85.6 Å². The summed E-state index contributed by atoms with van der Waals surface area (Å²) in [5.41, 5.74) is 6.10. The topological polar surface area (TPSA) is 116 Å². The van der Waals surface area contributed by atoms with Crippen molar-refractivity contribution in [2.75, 3.05) is 33.9 Å². The molecule has 37 heavy (non-hydrogen) atoms. The standard InChI is InChI=1S/C29H28N6O2/c30-18-21-17-25(34-29(37)20-11-14-31-19-20)7-10-28(21)33-24-3-1-22(2-4-24)32-23-5-8-26(9-6-23)35-15-12-27(36)13-16-35/h1-11,14,17,19,27,31-33,36H,12-13,15-16H2,(H,34,37). The number of aromatic amines is 1. The number of hydrogen-bond acceptors (Lipinski definition) is 6. The molecule has 8 nitrogen and oxygen atoms in total. The smallest absolute Gasteiger partial charge is 0.257 e. The second kappa shape index (κ2) is 10.9. The Bertz CT molecular complexity index is 1380. The minimum atomic E-state index is -0.241. The number of aromatic nitrogens is 1. The lowest BCUT2D eigenvalue weighted by atomic mass is 10.1. The summed E-state index contributed by atoms with van der Waals surface area (Å²) >= 11 is 0. The number of nitrogens with one attached hydrogen (secondary N) is 4. The van der Waals surface area contributed by atoms with Crippen molar-refractivity contribution < 1.29 is 9.90 Å². The molecule has 2 heterocycles. The summed E-state index contributed by atoms with van der Waals surface area (Å²) in [6, 6.07) is 25.2. The van der Waals surface area contributed by atoms with Crippen molar-refractivity contribution >= 4 is 40.0 Å². The van der Waals surface area contributed by atoms with Crippen molar-refractivity contribution in [3.8, 4) is 6.07 Å². The number of carbonyl (C=O) groups is 1. The zero-order chi connectivity index (χ0) is 25.6. The van der Waals surface area contributed by atoms with Crippen LogP contribution < -0.4 is 20.9 Å². The Kier molecular flexibility index (Phi) is 7.06. The lowest BCUT2D eigenvalue weighted by molar-refractivity contribution is 0.102. The quantitative estimate of drug-likeness (QED) is 0.230. The zero-order valence-electron chi connectivity index (χ0n) is 20.2. The van der Waals surface area contributed by atoms with Crippen molar-refractivity contribution in [3.05, 3.63) is 96.3 Å². The highest BCUT2D eigenvalue weighted by Gasteiger charge is 2.17. The number of nitriles is 1. The van der Waals surface area contributed by atoms with Crippen LogP contribution in [0.1, 0.15) is 28.8 Å². The van der Waals surface area contributed by atoms with E-state index in [1.807, 2.05) is 24.3 Å². The van der Waals surface area contributed by atoms with Gasteiger partial charge in [-0.2, -0.15) is 5.26 Å². The van der Waals surface area contributed by atoms with Crippen LogP contribution in [0.25, 0.3) is 0 Å². The van der Waals surface area contributed by atoms with Crippen molar-refractivity contribution in [1.82, 2.24) is 4.98 Å². The summed E-state index contributed by atoms with van der Waals surface area (Å²) in [7, 11) is 0. The number of H-pyrrole nitrogens is 1. The molecule has 0 unspecified atom stereocenters. The zero-order valence-corrected chi connectivity index (χ0v) is 20.2. The lowest BCUT2D eigenvalue weighted by Gasteiger charge is -2.31. The first kappa shape index (κ1) is 24.0. The van der Waals surface area contributed by atoms with Gasteiger partial charge in [-0.1, -0.05) is 0 Å². The molecule has 5 N–H and O–H groups in total. The molecule has 0 radical (unpaired) electrons. The van der Waals surface area contributed by atoms with Gasteiger partial charge in [0.05, 0.1) is 22.9 Å². The molecule has 0 bridgehead atoms. The van der Waals surface area contributed by atoms with Crippen LogP contribution in [0.5, 0.6) is 0 Å². The SMILES string of the molecule is N#Cc1cc(NC(=O)c2cc[nH]c2)ccc1Nc1ccc(Nc2ccc(N3CCC(O)CC3)cc2)cc1. The van der Waals surface area contributed by atoms with E-state index in [2.05, 4.69) is 56.2 Å². The van der Waals surface area contributed by atoms with Crippen molar-refractivity contribution in [3.63, 3.8) is 0 Å². The summed E-state index contributed by atoms with van der Waals surface area (Å²) in [6.07, 6.45) is 4.74. The number of aliphatic hydroxyl groups is 1. The average Bonchev–Trinajstić information content (AvgIpc) is 3.47. The van der Waals surface area contributed by atoms with Gasteiger partial charge >= 0.3 is 0 Å². The number of anilines is 6. The van der Waals surface area contributed by atoms with Gasteiger partial charge in [0.15, 0.2) is 0 Å². The van der Waals surface area contributed by atoms with E-state index in [-0.39, 0.29) is 12.0 Å². The number of rotatable bonds is 7. The molecule has 8 heteroatoms. The Morgan fingerprint density at radius 2 is 1.51 bits per heavy atom. The Morgan fingerprint density at radius 1 is 0.892 bits per heavy atom. The summed E-state index contributed by atoms with van der Waals surface area (Å²) in [6.45, 7) is 1.75. The second-order valence-corrected chi connectivity index (χ2v) is 9.02. The van der Waals surface area contributed by atoms with E-state index < -0.39 is 0 Å². The van der Waals surface area contributed by atoms with Crippen molar-refractivity contribution in [1.29, 1.82) is 5.26 Å². The number of carbonyl (C=O) groups excluding carboxylic acids is 1. The van der Waals surface area contributed by atoms with E-state index in [9.17, 15) is 15.2 Å². The Labute approximate surface area is 215 Å². The number of aliphatic hydroxyl groups excluding tert-OH is 1. The van der Waals surface area contributed by atoms with Gasteiger partial charge in [0.1, 0.15) is 6.07 Å². The van der Waals surface area contributed by atoms with E-state index in [1.54, 1.807) is 36.7 Å². The fourth-order valence-corrected chi connectivity index (χ4v) is 4.33. The van der Waals surface area contributed by atoms with Crippen LogP contribution in [0.15, 0.2) is 85.2 Å². The van der Waals surface area contributed by atoms with Gasteiger partial charge in [-0.15, -0.1) is 0 Å². The minimum absolute atomic E-state index is 0.177. The molecule has 5 rings (SSSR count). The Balaban J connectivity index is 1.19. The van der Waals surface area contributed by atoms with Gasteiger partial charge in [0.2, 0.25) is 0 Å². The Morgan fingerprint density at radius 3 is 2.14 bits per heavy atom. The molecule has 0 spiro atoms. The van der Waals surface area contributed by atoms with Gasteiger partial charge < -0.3 is 30.9 Å². The normalized spacial score (nSPS) is 13.6. The van der Waals surface area contributed by atoms with Crippen LogP contribution in [0.4, 0.5) is 34.1 Å². The molecule has 1 fully saturated rings. The summed E-state index contributed by atoms with van der Waals surface area (Å²) in [4.78, 5) is 17.4. The van der Waals surface area contributed by atoms with Gasteiger partial charge in [0, 0.05) is 53.9 Å². The molecule has 0 saturated carbocycles. The molecular weight excluding hydrogens is 464 g/mol. The number of amides is 1. The van der Waals surface area contributed by atoms with Crippen LogP contribution in [0, 0.1) is 11.3 Å². The summed E-state index contributed by atoms with van der Waals surface area (Å²) in [5, 5.41) is 28.8. The van der Waals surface area contributed by atoms with Gasteiger partial charge in [0.25, 0.3) is 5.91 Å². The highest BCUT2D eigenvalue weighted by atomic mass is 16.3. The van der Waals surface area contributed by atoms with Gasteiger partial charge in [-0.25, -0.2) is 0 Å². The van der Waals surface area contributed by atoms with E-state index in [0.29, 0.717) is 22.5 Å². The maximum absolute atomic E-state index is 12.3. The van der Waals surface area contributed by atoms with E-state index in [0.717, 1.165) is 43.0 Å². The van der Waals surface area contributed by atoms with Crippen LogP contribution >= 0.6 is 0 Å². The molecule has 1 saturated heterocycles. The first-order chi connectivity index (χ1) is 18.1. The highest BCUT2D eigenvalue weighted by molar-refractivity contribution is 6.04.